The number of esters is 1. The minimum absolute atomic E-state index is 0.0553. The number of carbonyl (C=O) groups excluding carboxylic acids is 3. The number of fused-ring (bicyclic) bond motifs is 2. The molecule has 3 aromatic rings. The molecule has 9 heteroatoms. The summed E-state index contributed by atoms with van der Waals surface area (Å²) in [6.07, 6.45) is 0.135. The molecule has 2 amide bonds. The lowest BCUT2D eigenvalue weighted by molar-refractivity contribution is -0.145. The third-order valence-electron chi connectivity index (χ3n) is 5.12. The first-order chi connectivity index (χ1) is 14.9. The van der Waals surface area contributed by atoms with Crippen molar-refractivity contribution in [2.75, 3.05) is 6.54 Å². The largest absolute Gasteiger partial charge is 0.458 e. The van der Waals surface area contributed by atoms with Crippen molar-refractivity contribution in [3.63, 3.8) is 0 Å². The molecule has 0 N–H and O–H groups in total. The number of imidazole rings is 1. The molecule has 1 aromatic heterocycles. The number of hydrogen-bond donors (Lipinski definition) is 0. The van der Waals surface area contributed by atoms with Gasteiger partial charge in [0.2, 0.25) is 0 Å². The maximum absolute atomic E-state index is 13.4. The van der Waals surface area contributed by atoms with Crippen molar-refractivity contribution >= 4 is 28.8 Å². The van der Waals surface area contributed by atoms with Crippen molar-refractivity contribution in [1.29, 1.82) is 0 Å². The Balaban J connectivity index is 1.33. The number of carbonyl (C=O) groups is 3. The SMILES string of the molecule is Cc1ccc2c(c1)C(=O)N(CCCC(=O)OCc1nc3ccccc3n1C(F)F)C2=O. The molecule has 2 aromatic carbocycles. The van der Waals surface area contributed by atoms with Crippen LogP contribution in [0.3, 0.4) is 0 Å². The van der Waals surface area contributed by atoms with Crippen LogP contribution in [0.1, 0.15) is 51.5 Å². The smallest absolute Gasteiger partial charge is 0.320 e. The van der Waals surface area contributed by atoms with E-state index in [0.29, 0.717) is 16.6 Å². The van der Waals surface area contributed by atoms with Gasteiger partial charge in [0.25, 0.3) is 11.8 Å². The number of benzene rings is 2. The average Bonchev–Trinajstić information content (AvgIpc) is 3.23. The van der Waals surface area contributed by atoms with Crippen LogP contribution in [0, 0.1) is 6.92 Å². The summed E-state index contributed by atoms with van der Waals surface area (Å²) < 4.78 is 32.7. The number of hydrogen-bond acceptors (Lipinski definition) is 5. The van der Waals surface area contributed by atoms with Gasteiger partial charge in [0.15, 0.2) is 5.82 Å². The average molecular weight is 427 g/mol. The van der Waals surface area contributed by atoms with Gasteiger partial charge < -0.3 is 4.74 Å². The van der Waals surface area contributed by atoms with Gasteiger partial charge in [0, 0.05) is 13.0 Å². The van der Waals surface area contributed by atoms with E-state index in [1.807, 2.05) is 6.92 Å². The van der Waals surface area contributed by atoms with Gasteiger partial charge in [0.05, 0.1) is 22.2 Å². The van der Waals surface area contributed by atoms with Gasteiger partial charge in [-0.3, -0.25) is 23.9 Å². The Labute approximate surface area is 176 Å². The van der Waals surface area contributed by atoms with E-state index in [2.05, 4.69) is 4.98 Å². The summed E-state index contributed by atoms with van der Waals surface area (Å²) in [6.45, 7) is -1.32. The van der Waals surface area contributed by atoms with E-state index < -0.39 is 19.1 Å². The second kappa shape index (κ2) is 8.25. The highest BCUT2D eigenvalue weighted by atomic mass is 19.3. The second-order valence-electron chi connectivity index (χ2n) is 7.24. The predicted octanol–water partition coefficient (Wildman–Crippen LogP) is 3.86. The Bertz CT molecular complexity index is 1190. The Kier molecular flexibility index (Phi) is 5.50. The van der Waals surface area contributed by atoms with E-state index in [9.17, 15) is 23.2 Å². The van der Waals surface area contributed by atoms with Crippen molar-refractivity contribution in [1.82, 2.24) is 14.5 Å². The van der Waals surface area contributed by atoms with Crippen LogP contribution in [0.2, 0.25) is 0 Å². The number of aryl methyl sites for hydroxylation is 1. The molecule has 1 aliphatic rings. The van der Waals surface area contributed by atoms with E-state index in [1.165, 1.54) is 6.07 Å². The highest BCUT2D eigenvalue weighted by Crippen LogP contribution is 2.25. The molecule has 4 rings (SSSR count). The summed E-state index contributed by atoms with van der Waals surface area (Å²) in [5.74, 6) is -1.46. The fraction of sp³-hybridized carbons (Fsp3) is 0.273. The number of para-hydroxylation sites is 2. The molecule has 160 valence electrons. The number of amides is 2. The number of halogens is 2. The Morgan fingerprint density at radius 1 is 1.10 bits per heavy atom. The summed E-state index contributed by atoms with van der Waals surface area (Å²) in [7, 11) is 0. The highest BCUT2D eigenvalue weighted by molar-refractivity contribution is 6.21. The molecule has 0 fully saturated rings. The van der Waals surface area contributed by atoms with Crippen LogP contribution < -0.4 is 0 Å². The van der Waals surface area contributed by atoms with Gasteiger partial charge in [-0.05, 0) is 37.6 Å². The van der Waals surface area contributed by atoms with Gasteiger partial charge in [-0.2, -0.15) is 8.78 Å². The molecule has 0 bridgehead atoms. The Hall–Kier alpha value is -3.62. The Morgan fingerprint density at radius 3 is 2.61 bits per heavy atom. The number of ether oxygens (including phenoxy) is 1. The fourth-order valence-electron chi connectivity index (χ4n) is 3.62. The van der Waals surface area contributed by atoms with E-state index >= 15 is 0 Å². The molecule has 2 heterocycles. The fourth-order valence-corrected chi connectivity index (χ4v) is 3.62. The summed E-state index contributed by atoms with van der Waals surface area (Å²) in [5.41, 5.74) is 2.22. The second-order valence-corrected chi connectivity index (χ2v) is 7.24. The molecular formula is C22H19F2N3O4. The van der Waals surface area contributed by atoms with Crippen molar-refractivity contribution < 1.29 is 27.9 Å². The first-order valence-electron chi connectivity index (χ1n) is 9.73. The molecule has 0 radical (unpaired) electrons. The Morgan fingerprint density at radius 2 is 1.84 bits per heavy atom. The van der Waals surface area contributed by atoms with Gasteiger partial charge in [-0.25, -0.2) is 4.98 Å². The molecule has 0 saturated carbocycles. The zero-order valence-corrected chi connectivity index (χ0v) is 16.7. The topological polar surface area (TPSA) is 81.5 Å². The van der Waals surface area contributed by atoms with Crippen LogP contribution >= 0.6 is 0 Å². The molecule has 1 aliphatic heterocycles. The number of nitrogens with zero attached hydrogens (tertiary/aromatic N) is 3. The van der Waals surface area contributed by atoms with E-state index in [0.717, 1.165) is 15.0 Å². The van der Waals surface area contributed by atoms with Crippen LogP contribution in [-0.4, -0.2) is 38.8 Å². The molecular weight excluding hydrogens is 408 g/mol. The zero-order valence-electron chi connectivity index (χ0n) is 16.7. The minimum atomic E-state index is -2.82. The third-order valence-corrected chi connectivity index (χ3v) is 5.12. The van der Waals surface area contributed by atoms with Crippen LogP contribution in [0.15, 0.2) is 42.5 Å². The van der Waals surface area contributed by atoms with Crippen LogP contribution in [0.5, 0.6) is 0 Å². The lowest BCUT2D eigenvalue weighted by Gasteiger charge is -2.13. The standard InChI is InChI=1S/C22H19F2N3O4/c1-13-8-9-14-15(11-13)21(30)26(20(14)29)10-4-7-19(28)31-12-18-25-16-5-2-3-6-17(16)27(18)22(23)24/h2-3,5-6,8-9,11,22H,4,7,10,12H2,1H3. The maximum Gasteiger partial charge on any atom is 0.320 e. The van der Waals surface area contributed by atoms with Gasteiger partial charge in [-0.1, -0.05) is 23.8 Å². The van der Waals surface area contributed by atoms with Gasteiger partial charge in [0.1, 0.15) is 6.61 Å². The molecule has 0 atom stereocenters. The normalized spacial score (nSPS) is 13.4. The minimum Gasteiger partial charge on any atom is -0.458 e. The van der Waals surface area contributed by atoms with E-state index in [1.54, 1.807) is 36.4 Å². The summed E-state index contributed by atoms with van der Waals surface area (Å²) in [5, 5.41) is 0. The van der Waals surface area contributed by atoms with Crippen molar-refractivity contribution in [3.8, 4) is 0 Å². The third kappa shape index (κ3) is 3.90. The van der Waals surface area contributed by atoms with Crippen LogP contribution in [0.25, 0.3) is 11.0 Å². The molecule has 0 spiro atoms. The summed E-state index contributed by atoms with van der Waals surface area (Å²) in [6, 6.07) is 11.5. The first-order valence-corrected chi connectivity index (χ1v) is 9.73. The van der Waals surface area contributed by atoms with Gasteiger partial charge in [-0.15, -0.1) is 0 Å². The quantitative estimate of drug-likeness (QED) is 0.423. The molecule has 0 unspecified atom stereocenters. The summed E-state index contributed by atoms with van der Waals surface area (Å²) >= 11 is 0. The van der Waals surface area contributed by atoms with Crippen molar-refractivity contribution in [2.45, 2.75) is 32.9 Å². The van der Waals surface area contributed by atoms with Crippen molar-refractivity contribution in [3.05, 3.63) is 65.0 Å². The van der Waals surface area contributed by atoms with E-state index in [4.69, 9.17) is 4.74 Å². The molecule has 0 aliphatic carbocycles. The highest BCUT2D eigenvalue weighted by Gasteiger charge is 2.35. The van der Waals surface area contributed by atoms with Crippen LogP contribution in [-0.2, 0) is 16.1 Å². The van der Waals surface area contributed by atoms with Crippen LogP contribution in [0.4, 0.5) is 8.78 Å². The number of imide groups is 1. The monoisotopic (exact) mass is 427 g/mol. The number of alkyl halides is 2. The van der Waals surface area contributed by atoms with E-state index in [-0.39, 0.29) is 42.5 Å². The molecule has 0 saturated heterocycles. The number of aromatic nitrogens is 2. The molecule has 31 heavy (non-hydrogen) atoms. The summed E-state index contributed by atoms with van der Waals surface area (Å²) in [4.78, 5) is 42.1. The predicted molar refractivity (Wildman–Crippen MR) is 107 cm³/mol. The van der Waals surface area contributed by atoms with Crippen molar-refractivity contribution in [2.24, 2.45) is 0 Å². The lowest BCUT2D eigenvalue weighted by atomic mass is 10.1. The zero-order chi connectivity index (χ0) is 22.1. The maximum atomic E-state index is 13.4. The number of rotatable bonds is 7. The first kappa shape index (κ1) is 20.6. The van der Waals surface area contributed by atoms with Gasteiger partial charge >= 0.3 is 12.5 Å². The lowest BCUT2D eigenvalue weighted by Crippen LogP contribution is -2.31. The molecule has 7 nitrogen and oxygen atoms in total.